The number of hydrogen-bond donors (Lipinski definition) is 1. The van der Waals surface area contributed by atoms with Gasteiger partial charge in [0.15, 0.2) is 0 Å². The number of morpholine rings is 1. The molecule has 3 aromatic rings. The van der Waals surface area contributed by atoms with Crippen LogP contribution in [0.3, 0.4) is 0 Å². The number of rotatable bonds is 5. The molecular formula is C20H25ClN6O. The number of anilines is 1. The highest BCUT2D eigenvalue weighted by molar-refractivity contribution is 6.30. The number of fused-ring (bicyclic) bond motifs is 1. The highest BCUT2D eigenvalue weighted by atomic mass is 35.5. The van der Waals surface area contributed by atoms with E-state index in [-0.39, 0.29) is 11.6 Å². The Morgan fingerprint density at radius 3 is 2.82 bits per heavy atom. The number of benzene rings is 1. The molecule has 7 nitrogen and oxygen atoms in total. The highest BCUT2D eigenvalue weighted by Crippen LogP contribution is 2.28. The van der Waals surface area contributed by atoms with E-state index in [0.717, 1.165) is 42.8 Å². The van der Waals surface area contributed by atoms with Crippen LogP contribution in [0.5, 0.6) is 0 Å². The Morgan fingerprint density at radius 2 is 2.07 bits per heavy atom. The summed E-state index contributed by atoms with van der Waals surface area (Å²) in [5.41, 5.74) is 1.95. The van der Waals surface area contributed by atoms with Crippen molar-refractivity contribution in [2.75, 3.05) is 31.6 Å². The molecule has 1 atom stereocenters. The lowest BCUT2D eigenvalue weighted by atomic mass is 10.0. The summed E-state index contributed by atoms with van der Waals surface area (Å²) in [6, 6.07) is 10.3. The molecule has 0 aliphatic carbocycles. The molecule has 0 saturated carbocycles. The number of nitrogens with one attached hydrogen (secondary N) is 1. The van der Waals surface area contributed by atoms with Gasteiger partial charge in [-0.2, -0.15) is 14.6 Å². The minimum atomic E-state index is -0.171. The number of halogens is 1. The molecule has 0 bridgehead atoms. The van der Waals surface area contributed by atoms with Crippen molar-refractivity contribution in [2.24, 2.45) is 0 Å². The second kappa shape index (κ2) is 7.66. The number of aromatic nitrogens is 4. The van der Waals surface area contributed by atoms with E-state index in [4.69, 9.17) is 16.3 Å². The molecule has 4 rings (SSSR count). The zero-order chi connectivity index (χ0) is 19.7. The van der Waals surface area contributed by atoms with Gasteiger partial charge >= 0.3 is 0 Å². The van der Waals surface area contributed by atoms with Gasteiger partial charge in [-0.1, -0.05) is 23.7 Å². The minimum absolute atomic E-state index is 0.171. The summed E-state index contributed by atoms with van der Waals surface area (Å²) < 4.78 is 7.64. The van der Waals surface area contributed by atoms with Gasteiger partial charge < -0.3 is 10.1 Å². The van der Waals surface area contributed by atoms with E-state index in [1.807, 2.05) is 25.1 Å². The largest absolute Gasteiger partial charge is 0.373 e. The summed E-state index contributed by atoms with van der Waals surface area (Å²) in [6.07, 6.45) is 1.52. The smallest absolute Gasteiger partial charge is 0.254 e. The van der Waals surface area contributed by atoms with E-state index < -0.39 is 0 Å². The molecule has 8 heteroatoms. The van der Waals surface area contributed by atoms with Crippen LogP contribution in [-0.2, 0) is 4.74 Å². The Morgan fingerprint density at radius 1 is 1.29 bits per heavy atom. The van der Waals surface area contributed by atoms with Gasteiger partial charge in [-0.15, -0.1) is 0 Å². The lowest BCUT2D eigenvalue weighted by molar-refractivity contribution is -0.0963. The SMILES string of the molecule is Cc1cc(NCC(c2ccc(Cl)cc2)N2CCOC(C)(C)C2)n2ncnc2n1. The molecule has 3 heterocycles. The number of nitrogens with zero attached hydrogens (tertiary/aromatic N) is 5. The summed E-state index contributed by atoms with van der Waals surface area (Å²) >= 11 is 6.12. The maximum absolute atomic E-state index is 6.12. The molecule has 2 aromatic heterocycles. The Bertz CT molecular complexity index is 955. The van der Waals surface area contributed by atoms with Crippen molar-refractivity contribution >= 4 is 23.2 Å². The van der Waals surface area contributed by atoms with Crippen molar-refractivity contribution in [3.63, 3.8) is 0 Å². The van der Waals surface area contributed by atoms with Crippen molar-refractivity contribution in [3.8, 4) is 0 Å². The average Bonchev–Trinajstić information content (AvgIpc) is 3.11. The van der Waals surface area contributed by atoms with E-state index in [0.29, 0.717) is 5.78 Å². The van der Waals surface area contributed by atoms with Crippen LogP contribution in [0.15, 0.2) is 36.7 Å². The first-order valence-corrected chi connectivity index (χ1v) is 9.84. The zero-order valence-corrected chi connectivity index (χ0v) is 17.1. The lowest BCUT2D eigenvalue weighted by Gasteiger charge is -2.42. The molecule has 1 aliphatic rings. The van der Waals surface area contributed by atoms with Crippen LogP contribution in [-0.4, -0.2) is 56.3 Å². The van der Waals surface area contributed by atoms with Gasteiger partial charge in [0.05, 0.1) is 18.2 Å². The van der Waals surface area contributed by atoms with Gasteiger partial charge in [0, 0.05) is 36.4 Å². The standard InChI is InChI=1S/C20H25ClN6O/c1-14-10-18(27-19(25-14)23-13-24-27)22-11-17(15-4-6-16(21)7-5-15)26-8-9-28-20(2,3)12-26/h4-7,10,13,17,22H,8-9,11-12H2,1-3H3. The predicted molar refractivity (Wildman–Crippen MR) is 110 cm³/mol. The van der Waals surface area contributed by atoms with Crippen molar-refractivity contribution in [3.05, 3.63) is 52.9 Å². The van der Waals surface area contributed by atoms with E-state index in [9.17, 15) is 0 Å². The normalized spacial score (nSPS) is 18.3. The molecule has 1 aromatic carbocycles. The van der Waals surface area contributed by atoms with Crippen LogP contribution >= 0.6 is 11.6 Å². The number of hydrogen-bond acceptors (Lipinski definition) is 6. The third kappa shape index (κ3) is 4.11. The van der Waals surface area contributed by atoms with Gasteiger partial charge in [0.1, 0.15) is 12.1 Å². The molecule has 0 spiro atoms. The minimum Gasteiger partial charge on any atom is -0.373 e. The van der Waals surface area contributed by atoms with Crippen molar-refractivity contribution in [1.29, 1.82) is 0 Å². The fourth-order valence-electron chi connectivity index (χ4n) is 3.72. The van der Waals surface area contributed by atoms with Crippen LogP contribution in [0.2, 0.25) is 5.02 Å². The van der Waals surface area contributed by atoms with Crippen LogP contribution < -0.4 is 5.32 Å². The molecule has 1 aliphatic heterocycles. The monoisotopic (exact) mass is 400 g/mol. The van der Waals surface area contributed by atoms with Crippen molar-refractivity contribution < 1.29 is 4.74 Å². The maximum atomic E-state index is 6.12. The van der Waals surface area contributed by atoms with Crippen molar-refractivity contribution in [1.82, 2.24) is 24.5 Å². The van der Waals surface area contributed by atoms with E-state index >= 15 is 0 Å². The molecule has 1 fully saturated rings. The third-order valence-electron chi connectivity index (χ3n) is 5.01. The van der Waals surface area contributed by atoms with Gasteiger partial charge in [-0.3, -0.25) is 4.90 Å². The predicted octanol–water partition coefficient (Wildman–Crippen LogP) is 3.35. The summed E-state index contributed by atoms with van der Waals surface area (Å²) in [6.45, 7) is 9.41. The fraction of sp³-hybridized carbons (Fsp3) is 0.450. The lowest BCUT2D eigenvalue weighted by Crippen LogP contribution is -2.50. The van der Waals surface area contributed by atoms with Crippen LogP contribution in [0.1, 0.15) is 31.1 Å². The van der Waals surface area contributed by atoms with E-state index in [1.54, 1.807) is 4.52 Å². The quantitative estimate of drug-likeness (QED) is 0.708. The van der Waals surface area contributed by atoms with E-state index in [2.05, 4.69) is 51.3 Å². The van der Waals surface area contributed by atoms with Crippen LogP contribution in [0, 0.1) is 6.92 Å². The first-order valence-electron chi connectivity index (χ1n) is 9.46. The van der Waals surface area contributed by atoms with Crippen LogP contribution in [0.4, 0.5) is 5.82 Å². The average molecular weight is 401 g/mol. The Balaban J connectivity index is 1.61. The Labute approximate surface area is 169 Å². The summed E-state index contributed by atoms with van der Waals surface area (Å²) in [4.78, 5) is 11.1. The van der Waals surface area contributed by atoms with Crippen LogP contribution in [0.25, 0.3) is 5.78 Å². The molecule has 1 saturated heterocycles. The summed E-state index contributed by atoms with van der Waals surface area (Å²) in [5.74, 6) is 1.48. The Hall–Kier alpha value is -2.22. The zero-order valence-electron chi connectivity index (χ0n) is 16.4. The molecule has 148 valence electrons. The maximum Gasteiger partial charge on any atom is 0.254 e. The topological polar surface area (TPSA) is 67.6 Å². The van der Waals surface area contributed by atoms with Gasteiger partial charge in [-0.25, -0.2) is 4.98 Å². The molecule has 0 amide bonds. The summed E-state index contributed by atoms with van der Waals surface area (Å²) in [7, 11) is 0. The first kappa shape index (κ1) is 19.1. The Kier molecular flexibility index (Phi) is 5.23. The molecule has 28 heavy (non-hydrogen) atoms. The number of ether oxygens (including phenoxy) is 1. The van der Waals surface area contributed by atoms with Gasteiger partial charge in [0.25, 0.3) is 5.78 Å². The molecule has 1 unspecified atom stereocenters. The first-order chi connectivity index (χ1) is 13.4. The highest BCUT2D eigenvalue weighted by Gasteiger charge is 2.32. The summed E-state index contributed by atoms with van der Waals surface area (Å²) in [5, 5.41) is 8.59. The third-order valence-corrected chi connectivity index (χ3v) is 5.26. The second-order valence-electron chi connectivity index (χ2n) is 7.78. The van der Waals surface area contributed by atoms with Crippen molar-refractivity contribution in [2.45, 2.75) is 32.4 Å². The van der Waals surface area contributed by atoms with Gasteiger partial charge in [-0.05, 0) is 38.5 Å². The molecular weight excluding hydrogens is 376 g/mol. The fourth-order valence-corrected chi connectivity index (χ4v) is 3.85. The molecule has 0 radical (unpaired) electrons. The number of aryl methyl sites for hydroxylation is 1. The second-order valence-corrected chi connectivity index (χ2v) is 8.22. The van der Waals surface area contributed by atoms with E-state index in [1.165, 1.54) is 11.9 Å². The molecule has 1 N–H and O–H groups in total. The van der Waals surface area contributed by atoms with Gasteiger partial charge in [0.2, 0.25) is 0 Å².